The first-order valence-corrected chi connectivity index (χ1v) is 16.2. The summed E-state index contributed by atoms with van der Waals surface area (Å²) in [7, 11) is 0. The zero-order valence-corrected chi connectivity index (χ0v) is 27.3. The fourth-order valence-corrected chi connectivity index (χ4v) is 5.63. The molecule has 6 nitrogen and oxygen atoms in total. The van der Waals surface area contributed by atoms with E-state index in [1.54, 1.807) is 12.1 Å². The van der Waals surface area contributed by atoms with E-state index in [1.807, 2.05) is 43.0 Å². The van der Waals surface area contributed by atoms with Gasteiger partial charge in [-0.3, -0.25) is 9.59 Å². The molecule has 3 rings (SSSR count). The van der Waals surface area contributed by atoms with E-state index >= 15 is 0 Å². The number of carbonyl (C=O) groups excluding carboxylic acids is 2. The van der Waals surface area contributed by atoms with Crippen LogP contribution in [0.15, 0.2) is 66.7 Å². The van der Waals surface area contributed by atoms with Gasteiger partial charge in [-0.25, -0.2) is 8.78 Å². The molecule has 2 amide bonds. The summed E-state index contributed by atoms with van der Waals surface area (Å²) in [5.74, 6) is -2.31. The van der Waals surface area contributed by atoms with Crippen LogP contribution < -0.4 is 10.6 Å². The van der Waals surface area contributed by atoms with Crippen molar-refractivity contribution in [2.24, 2.45) is 0 Å². The molecule has 0 aliphatic carbocycles. The molecule has 45 heavy (non-hydrogen) atoms. The molecule has 3 aromatic rings. The number of rotatable bonds is 18. The molecule has 0 aromatic heterocycles. The van der Waals surface area contributed by atoms with E-state index in [-0.39, 0.29) is 37.6 Å². The van der Waals surface area contributed by atoms with Gasteiger partial charge in [0.1, 0.15) is 11.6 Å². The molecular formula is C36H46ClF2N3O3. The van der Waals surface area contributed by atoms with Gasteiger partial charge in [0.15, 0.2) is 0 Å². The Morgan fingerprint density at radius 3 is 2.13 bits per heavy atom. The summed E-state index contributed by atoms with van der Waals surface area (Å²) in [5.41, 5.74) is 3.38. The van der Waals surface area contributed by atoms with Gasteiger partial charge in [0, 0.05) is 56.0 Å². The third-order valence-electron chi connectivity index (χ3n) is 7.81. The molecule has 3 atom stereocenters. The first kappa shape index (κ1) is 36.1. The molecule has 3 N–H and O–H groups in total. The number of benzene rings is 3. The van der Waals surface area contributed by atoms with Crippen LogP contribution in [0, 0.1) is 11.6 Å². The second-order valence-electron chi connectivity index (χ2n) is 11.6. The van der Waals surface area contributed by atoms with E-state index < -0.39 is 29.7 Å². The smallest absolute Gasteiger partial charge is 0.223 e. The van der Waals surface area contributed by atoms with Crippen molar-refractivity contribution in [3.8, 4) is 0 Å². The minimum atomic E-state index is -1.06. The highest BCUT2D eigenvalue weighted by Crippen LogP contribution is 2.26. The van der Waals surface area contributed by atoms with E-state index in [0.717, 1.165) is 36.5 Å². The highest BCUT2D eigenvalue weighted by atomic mass is 35.5. The maximum Gasteiger partial charge on any atom is 0.223 e. The van der Waals surface area contributed by atoms with E-state index in [1.165, 1.54) is 17.7 Å². The number of carbonyl (C=O) groups is 2. The molecule has 9 heteroatoms. The number of amides is 2. The van der Waals surface area contributed by atoms with Crippen molar-refractivity contribution in [2.45, 2.75) is 83.9 Å². The van der Waals surface area contributed by atoms with Crippen LogP contribution in [-0.2, 0) is 29.0 Å². The highest BCUT2D eigenvalue weighted by Gasteiger charge is 2.27. The van der Waals surface area contributed by atoms with E-state index in [4.69, 9.17) is 11.6 Å². The Kier molecular flexibility index (Phi) is 14.9. The van der Waals surface area contributed by atoms with Crippen molar-refractivity contribution in [2.75, 3.05) is 19.6 Å². The number of aryl methyl sites for hydroxylation is 1. The Balaban J connectivity index is 1.77. The van der Waals surface area contributed by atoms with Gasteiger partial charge in [-0.1, -0.05) is 68.8 Å². The van der Waals surface area contributed by atoms with E-state index in [2.05, 4.69) is 29.7 Å². The predicted octanol–water partition coefficient (Wildman–Crippen LogP) is 6.57. The lowest BCUT2D eigenvalue weighted by molar-refractivity contribution is -0.132. The van der Waals surface area contributed by atoms with Crippen molar-refractivity contribution in [3.63, 3.8) is 0 Å². The normalized spacial score (nSPS) is 13.2. The topological polar surface area (TPSA) is 81.7 Å². The number of nitrogens with zero attached hydrogens (tertiary/aromatic N) is 1. The third-order valence-corrected chi connectivity index (χ3v) is 8.06. The maximum atomic E-state index is 14.0. The van der Waals surface area contributed by atoms with Gasteiger partial charge in [0.25, 0.3) is 0 Å². The summed E-state index contributed by atoms with van der Waals surface area (Å²) in [6.45, 7) is 8.05. The number of aliphatic hydroxyl groups is 1. The van der Waals surface area contributed by atoms with Crippen LogP contribution in [0.4, 0.5) is 8.78 Å². The zero-order valence-electron chi connectivity index (χ0n) is 26.5. The van der Waals surface area contributed by atoms with Crippen molar-refractivity contribution in [1.82, 2.24) is 15.5 Å². The van der Waals surface area contributed by atoms with Gasteiger partial charge < -0.3 is 20.6 Å². The van der Waals surface area contributed by atoms with Crippen molar-refractivity contribution in [3.05, 3.63) is 106 Å². The highest BCUT2D eigenvalue weighted by molar-refractivity contribution is 6.30. The van der Waals surface area contributed by atoms with Gasteiger partial charge in [0.2, 0.25) is 11.8 Å². The van der Waals surface area contributed by atoms with Crippen molar-refractivity contribution in [1.29, 1.82) is 0 Å². The Labute approximate surface area is 271 Å². The molecule has 0 saturated heterocycles. The van der Waals surface area contributed by atoms with Crippen LogP contribution in [0.1, 0.15) is 74.6 Å². The number of hydrogen-bond acceptors (Lipinski definition) is 4. The summed E-state index contributed by atoms with van der Waals surface area (Å²) in [6.07, 6.45) is 1.64. The van der Waals surface area contributed by atoms with Crippen LogP contribution in [0.5, 0.6) is 0 Å². The molecule has 0 aliphatic heterocycles. The van der Waals surface area contributed by atoms with Crippen LogP contribution in [0.25, 0.3) is 0 Å². The molecular weight excluding hydrogens is 596 g/mol. The monoisotopic (exact) mass is 641 g/mol. The lowest BCUT2D eigenvalue weighted by Crippen LogP contribution is -2.49. The summed E-state index contributed by atoms with van der Waals surface area (Å²) in [6, 6.07) is 17.6. The first-order chi connectivity index (χ1) is 21.6. The lowest BCUT2D eigenvalue weighted by Gasteiger charge is -2.27. The Hall–Kier alpha value is -3.33. The second kappa shape index (κ2) is 18.6. The summed E-state index contributed by atoms with van der Waals surface area (Å²) in [4.78, 5) is 28.7. The maximum absolute atomic E-state index is 14.0. The molecule has 0 aliphatic rings. The lowest BCUT2D eigenvalue weighted by atomic mass is 9.91. The summed E-state index contributed by atoms with van der Waals surface area (Å²) in [5, 5.41) is 17.9. The minimum Gasteiger partial charge on any atom is -0.390 e. The summed E-state index contributed by atoms with van der Waals surface area (Å²) >= 11 is 6.12. The number of aliphatic hydroxyl groups excluding tert-OH is 1. The van der Waals surface area contributed by atoms with Gasteiger partial charge in [-0.15, -0.1) is 0 Å². The van der Waals surface area contributed by atoms with Crippen LogP contribution in [0.3, 0.4) is 0 Å². The zero-order chi connectivity index (χ0) is 32.8. The largest absolute Gasteiger partial charge is 0.390 e. The fraction of sp³-hybridized carbons (Fsp3) is 0.444. The van der Waals surface area contributed by atoms with Gasteiger partial charge in [-0.2, -0.15) is 0 Å². The second-order valence-corrected chi connectivity index (χ2v) is 12.0. The third kappa shape index (κ3) is 12.2. The Morgan fingerprint density at radius 2 is 1.51 bits per heavy atom. The number of halogens is 3. The Bertz CT molecular complexity index is 1350. The quantitative estimate of drug-likeness (QED) is 0.147. The molecule has 0 heterocycles. The number of hydrogen-bond donors (Lipinski definition) is 3. The summed E-state index contributed by atoms with van der Waals surface area (Å²) < 4.78 is 28.1. The average Bonchev–Trinajstić information content (AvgIpc) is 3.00. The minimum absolute atomic E-state index is 0.0138. The fourth-order valence-electron chi connectivity index (χ4n) is 5.51. The molecule has 0 spiro atoms. The van der Waals surface area contributed by atoms with Crippen molar-refractivity contribution >= 4 is 23.4 Å². The average molecular weight is 642 g/mol. The molecule has 0 radical (unpaired) electrons. The van der Waals surface area contributed by atoms with Crippen LogP contribution in [-0.4, -0.2) is 53.6 Å². The van der Waals surface area contributed by atoms with Gasteiger partial charge in [0.05, 0.1) is 12.1 Å². The van der Waals surface area contributed by atoms with Crippen LogP contribution in [0.2, 0.25) is 5.02 Å². The van der Waals surface area contributed by atoms with Crippen LogP contribution >= 0.6 is 11.6 Å². The molecule has 0 bridgehead atoms. The van der Waals surface area contributed by atoms with Gasteiger partial charge >= 0.3 is 0 Å². The van der Waals surface area contributed by atoms with Crippen molar-refractivity contribution < 1.29 is 23.5 Å². The first-order valence-electron chi connectivity index (χ1n) is 15.9. The number of nitrogens with one attached hydrogen (secondary N) is 2. The Morgan fingerprint density at radius 1 is 0.867 bits per heavy atom. The predicted molar refractivity (Wildman–Crippen MR) is 176 cm³/mol. The molecule has 0 fully saturated rings. The molecule has 0 saturated carbocycles. The SMILES string of the molecule is CCCN(CCC)C(=O)CC(CC(=O)N[C@@H](Cc1cc(F)cc(F)c1)[C@H](O)CNCc1cccc(CC)c1)c1ccc(Cl)cc1. The molecule has 1 unspecified atom stereocenters. The molecule has 244 valence electrons. The molecule has 3 aromatic carbocycles. The van der Waals surface area contributed by atoms with E-state index in [9.17, 15) is 23.5 Å². The standard InChI is InChI=1S/C36H46ClF2N3O3/c1-4-14-42(15-5-2)36(45)21-29(28-10-12-30(37)13-11-28)20-35(44)41-33(19-27-17-31(38)22-32(39)18-27)34(43)24-40-23-26-9-7-8-25(6-3)16-26/h7-13,16-18,22,29,33-34,40,43H,4-6,14-15,19-21,23-24H2,1-3H3,(H,41,44)/t29?,33-,34+/m0/s1. The van der Waals surface area contributed by atoms with Gasteiger partial charge in [-0.05, 0) is 72.2 Å². The van der Waals surface area contributed by atoms with E-state index in [0.29, 0.717) is 30.2 Å².